The van der Waals surface area contributed by atoms with E-state index in [4.69, 9.17) is 14.2 Å². The molecule has 2 unspecified atom stereocenters. The lowest BCUT2D eigenvalue weighted by molar-refractivity contribution is 0.0113. The third kappa shape index (κ3) is 2.91. The van der Waals surface area contributed by atoms with Crippen LogP contribution < -0.4 is 9.47 Å². The molecule has 4 nitrogen and oxygen atoms in total. The number of hydrogen-bond acceptors (Lipinski definition) is 4. The topological polar surface area (TPSA) is 47.9 Å². The third-order valence-corrected chi connectivity index (χ3v) is 3.92. The minimum atomic E-state index is -0.467. The Morgan fingerprint density at radius 1 is 1.40 bits per heavy atom. The van der Waals surface area contributed by atoms with Crippen molar-refractivity contribution in [2.45, 2.75) is 38.4 Å². The van der Waals surface area contributed by atoms with E-state index >= 15 is 0 Å². The van der Waals surface area contributed by atoms with E-state index in [9.17, 15) is 5.11 Å². The van der Waals surface area contributed by atoms with Crippen molar-refractivity contribution in [3.05, 3.63) is 23.8 Å². The molecular formula is C16H22O4. The van der Waals surface area contributed by atoms with Gasteiger partial charge < -0.3 is 19.3 Å². The van der Waals surface area contributed by atoms with E-state index in [2.05, 4.69) is 0 Å². The Morgan fingerprint density at radius 2 is 2.25 bits per heavy atom. The van der Waals surface area contributed by atoms with E-state index in [-0.39, 0.29) is 5.60 Å². The second-order valence-corrected chi connectivity index (χ2v) is 6.32. The van der Waals surface area contributed by atoms with Crippen molar-refractivity contribution < 1.29 is 19.3 Å². The molecule has 1 aromatic rings. The Kier molecular flexibility index (Phi) is 3.61. The molecule has 3 rings (SSSR count). The minimum Gasteiger partial charge on any atom is -0.493 e. The Labute approximate surface area is 119 Å². The fourth-order valence-corrected chi connectivity index (χ4v) is 2.81. The van der Waals surface area contributed by atoms with Gasteiger partial charge >= 0.3 is 0 Å². The molecule has 1 fully saturated rings. The summed E-state index contributed by atoms with van der Waals surface area (Å²) in [6.45, 7) is 6.27. The summed E-state index contributed by atoms with van der Waals surface area (Å²) in [6.07, 6.45) is 1.21. The van der Waals surface area contributed by atoms with Gasteiger partial charge in [-0.15, -0.1) is 0 Å². The van der Waals surface area contributed by atoms with E-state index in [0.717, 1.165) is 36.7 Å². The van der Waals surface area contributed by atoms with Gasteiger partial charge in [-0.05, 0) is 32.4 Å². The van der Waals surface area contributed by atoms with Crippen LogP contribution >= 0.6 is 0 Å². The standard InChI is InChI=1S/C16H22O4/c1-16(2)8-14(17)13-4-3-12(7-15(13)20-16)19-10-11-5-6-18-9-11/h3-4,7,11,14,17H,5-6,8-10H2,1-2H3. The van der Waals surface area contributed by atoms with Gasteiger partial charge in [-0.25, -0.2) is 0 Å². The van der Waals surface area contributed by atoms with Crippen LogP contribution in [0.1, 0.15) is 38.4 Å². The molecule has 0 amide bonds. The molecule has 2 aliphatic rings. The van der Waals surface area contributed by atoms with E-state index in [1.54, 1.807) is 0 Å². The number of ether oxygens (including phenoxy) is 3. The molecule has 0 spiro atoms. The van der Waals surface area contributed by atoms with E-state index in [0.29, 0.717) is 18.9 Å². The summed E-state index contributed by atoms with van der Waals surface area (Å²) >= 11 is 0. The molecule has 2 atom stereocenters. The Morgan fingerprint density at radius 3 is 3.00 bits per heavy atom. The van der Waals surface area contributed by atoms with Crippen LogP contribution in [0.15, 0.2) is 18.2 Å². The second-order valence-electron chi connectivity index (χ2n) is 6.32. The molecule has 110 valence electrons. The third-order valence-electron chi connectivity index (χ3n) is 3.92. The maximum absolute atomic E-state index is 10.2. The maximum Gasteiger partial charge on any atom is 0.129 e. The molecular weight excluding hydrogens is 256 g/mol. The number of fused-ring (bicyclic) bond motifs is 1. The highest BCUT2D eigenvalue weighted by Gasteiger charge is 2.32. The molecule has 1 saturated heterocycles. The molecule has 0 bridgehead atoms. The summed E-state index contributed by atoms with van der Waals surface area (Å²) in [5.41, 5.74) is 0.505. The lowest BCUT2D eigenvalue weighted by atomic mass is 9.92. The first-order chi connectivity index (χ1) is 9.53. The van der Waals surface area contributed by atoms with Crippen LogP contribution in [0, 0.1) is 5.92 Å². The van der Waals surface area contributed by atoms with Crippen molar-refractivity contribution in [1.29, 1.82) is 0 Å². The van der Waals surface area contributed by atoms with E-state index in [1.165, 1.54) is 0 Å². The van der Waals surface area contributed by atoms with Gasteiger partial charge in [-0.1, -0.05) is 0 Å². The van der Waals surface area contributed by atoms with Crippen molar-refractivity contribution in [1.82, 2.24) is 0 Å². The van der Waals surface area contributed by atoms with Gasteiger partial charge in [0.1, 0.15) is 17.1 Å². The molecule has 20 heavy (non-hydrogen) atoms. The van der Waals surface area contributed by atoms with Crippen LogP contribution in [-0.4, -0.2) is 30.5 Å². The van der Waals surface area contributed by atoms with Crippen molar-refractivity contribution in [2.75, 3.05) is 19.8 Å². The predicted molar refractivity (Wildman–Crippen MR) is 75.1 cm³/mol. The van der Waals surface area contributed by atoms with Gasteiger partial charge in [-0.3, -0.25) is 0 Å². The number of aliphatic hydroxyl groups is 1. The minimum absolute atomic E-state index is 0.343. The number of hydrogen-bond donors (Lipinski definition) is 1. The van der Waals surface area contributed by atoms with E-state index < -0.39 is 6.10 Å². The summed E-state index contributed by atoms with van der Waals surface area (Å²) < 4.78 is 17.1. The Balaban J connectivity index is 1.71. The molecule has 4 heteroatoms. The molecule has 2 heterocycles. The first kappa shape index (κ1) is 13.7. The normalized spacial score (nSPS) is 27.8. The average molecular weight is 278 g/mol. The average Bonchev–Trinajstić information content (AvgIpc) is 2.87. The SMILES string of the molecule is CC1(C)CC(O)c2ccc(OCC3CCOC3)cc2O1. The summed E-state index contributed by atoms with van der Waals surface area (Å²) in [5.74, 6) is 2.00. The zero-order valence-electron chi connectivity index (χ0n) is 12.1. The summed E-state index contributed by atoms with van der Waals surface area (Å²) in [5, 5.41) is 10.2. The van der Waals surface area contributed by atoms with Crippen LogP contribution in [0.4, 0.5) is 0 Å². The van der Waals surface area contributed by atoms with Crippen molar-refractivity contribution in [2.24, 2.45) is 5.92 Å². The van der Waals surface area contributed by atoms with Crippen LogP contribution in [-0.2, 0) is 4.74 Å². The first-order valence-corrected chi connectivity index (χ1v) is 7.25. The number of benzene rings is 1. The highest BCUT2D eigenvalue weighted by Crippen LogP contribution is 2.41. The fraction of sp³-hybridized carbons (Fsp3) is 0.625. The van der Waals surface area contributed by atoms with Gasteiger partial charge in [0.25, 0.3) is 0 Å². The zero-order chi connectivity index (χ0) is 14.2. The van der Waals surface area contributed by atoms with Crippen molar-refractivity contribution >= 4 is 0 Å². The monoisotopic (exact) mass is 278 g/mol. The van der Waals surface area contributed by atoms with Crippen LogP contribution in [0.2, 0.25) is 0 Å². The zero-order valence-corrected chi connectivity index (χ0v) is 12.1. The molecule has 0 aromatic heterocycles. The van der Waals surface area contributed by atoms with Gasteiger partial charge in [-0.2, -0.15) is 0 Å². The molecule has 1 aromatic carbocycles. The largest absolute Gasteiger partial charge is 0.493 e. The maximum atomic E-state index is 10.2. The van der Waals surface area contributed by atoms with Crippen molar-refractivity contribution in [3.63, 3.8) is 0 Å². The number of rotatable bonds is 3. The summed E-state index contributed by atoms with van der Waals surface area (Å²) in [7, 11) is 0. The molecule has 1 N–H and O–H groups in total. The summed E-state index contributed by atoms with van der Waals surface area (Å²) in [6, 6.07) is 5.69. The first-order valence-electron chi connectivity index (χ1n) is 7.25. The highest BCUT2D eigenvalue weighted by molar-refractivity contribution is 5.43. The number of aliphatic hydroxyl groups excluding tert-OH is 1. The second kappa shape index (κ2) is 5.26. The van der Waals surface area contributed by atoms with E-state index in [1.807, 2.05) is 32.0 Å². The molecule has 0 aliphatic carbocycles. The molecule has 0 saturated carbocycles. The lowest BCUT2D eigenvalue weighted by Crippen LogP contribution is -2.34. The molecule has 2 aliphatic heterocycles. The van der Waals surface area contributed by atoms with Gasteiger partial charge in [0.2, 0.25) is 0 Å². The predicted octanol–water partition coefficient (Wildman–Crippen LogP) is 2.70. The Hall–Kier alpha value is -1.26. The van der Waals surface area contributed by atoms with Crippen LogP contribution in [0.25, 0.3) is 0 Å². The lowest BCUT2D eigenvalue weighted by Gasteiger charge is -2.35. The van der Waals surface area contributed by atoms with Crippen molar-refractivity contribution in [3.8, 4) is 11.5 Å². The van der Waals surface area contributed by atoms with Gasteiger partial charge in [0.05, 0.1) is 19.3 Å². The van der Waals surface area contributed by atoms with Crippen LogP contribution in [0.3, 0.4) is 0 Å². The summed E-state index contributed by atoms with van der Waals surface area (Å²) in [4.78, 5) is 0. The van der Waals surface area contributed by atoms with Gasteiger partial charge in [0.15, 0.2) is 0 Å². The molecule has 0 radical (unpaired) electrons. The quantitative estimate of drug-likeness (QED) is 0.923. The van der Waals surface area contributed by atoms with Gasteiger partial charge in [0, 0.05) is 30.6 Å². The smallest absolute Gasteiger partial charge is 0.129 e. The van der Waals surface area contributed by atoms with Crippen LogP contribution in [0.5, 0.6) is 11.5 Å². The fourth-order valence-electron chi connectivity index (χ4n) is 2.81. The Bertz CT molecular complexity index is 477. The highest BCUT2D eigenvalue weighted by atomic mass is 16.5.